The van der Waals surface area contributed by atoms with Gasteiger partial charge in [0.05, 0.1) is 29.5 Å². The van der Waals surface area contributed by atoms with Crippen LogP contribution in [0.1, 0.15) is 52.0 Å². The molecule has 0 bridgehead atoms. The van der Waals surface area contributed by atoms with Gasteiger partial charge in [0.2, 0.25) is 5.91 Å². The van der Waals surface area contributed by atoms with Crippen molar-refractivity contribution in [1.29, 1.82) is 0 Å². The average molecular weight is 522 g/mol. The summed E-state index contributed by atoms with van der Waals surface area (Å²) in [6.07, 6.45) is 3.98. The van der Waals surface area contributed by atoms with E-state index in [0.717, 1.165) is 12.8 Å². The second-order valence-electron chi connectivity index (χ2n) is 8.01. The molecule has 0 aliphatic heterocycles. The number of carbonyl (C=O) groups excluding carboxylic acids is 3. The minimum Gasteiger partial charge on any atom is -0.493 e. The predicted molar refractivity (Wildman–Crippen MR) is 142 cm³/mol. The number of benzene rings is 3. The Kier molecular flexibility index (Phi) is 10.7. The van der Waals surface area contributed by atoms with E-state index < -0.39 is 5.97 Å². The van der Waals surface area contributed by atoms with E-state index in [1.165, 1.54) is 13.3 Å². The molecule has 0 radical (unpaired) electrons. The highest BCUT2D eigenvalue weighted by atomic mass is 35.5. The Morgan fingerprint density at radius 3 is 2.43 bits per heavy atom. The third-order valence-corrected chi connectivity index (χ3v) is 5.62. The SMILES string of the molecule is COc1cc(C=NNC(=O)CCCCCNC(=O)c2ccccc2Cl)ccc1OC(=O)c1ccccc1. The number of carbonyl (C=O) groups is 3. The molecule has 0 aliphatic carbocycles. The molecule has 2 amide bonds. The van der Waals surface area contributed by atoms with E-state index in [4.69, 9.17) is 21.1 Å². The number of ether oxygens (including phenoxy) is 2. The Morgan fingerprint density at radius 2 is 1.68 bits per heavy atom. The molecule has 3 aromatic rings. The molecule has 0 atom stereocenters. The number of methoxy groups -OCH3 is 1. The van der Waals surface area contributed by atoms with Crippen LogP contribution in [0.25, 0.3) is 0 Å². The molecular formula is C28H28ClN3O5. The van der Waals surface area contributed by atoms with E-state index in [9.17, 15) is 14.4 Å². The first-order valence-electron chi connectivity index (χ1n) is 11.8. The lowest BCUT2D eigenvalue weighted by atomic mass is 10.1. The second kappa shape index (κ2) is 14.4. The van der Waals surface area contributed by atoms with E-state index in [1.54, 1.807) is 66.7 Å². The Morgan fingerprint density at radius 1 is 0.919 bits per heavy atom. The Bertz CT molecular complexity index is 1250. The topological polar surface area (TPSA) is 106 Å². The summed E-state index contributed by atoms with van der Waals surface area (Å²) in [4.78, 5) is 36.4. The van der Waals surface area contributed by atoms with E-state index in [-0.39, 0.29) is 17.6 Å². The van der Waals surface area contributed by atoms with Crippen LogP contribution < -0.4 is 20.2 Å². The van der Waals surface area contributed by atoms with Crippen LogP contribution in [-0.2, 0) is 4.79 Å². The van der Waals surface area contributed by atoms with Crippen LogP contribution in [0.4, 0.5) is 0 Å². The number of halogens is 1. The quantitative estimate of drug-likeness (QED) is 0.115. The highest BCUT2D eigenvalue weighted by Gasteiger charge is 2.12. The lowest BCUT2D eigenvalue weighted by Gasteiger charge is -2.10. The summed E-state index contributed by atoms with van der Waals surface area (Å²) in [5.74, 6) is -0.272. The van der Waals surface area contributed by atoms with E-state index in [0.29, 0.717) is 46.8 Å². The van der Waals surface area contributed by atoms with Crippen molar-refractivity contribution in [2.24, 2.45) is 5.10 Å². The summed E-state index contributed by atoms with van der Waals surface area (Å²) in [5, 5.41) is 7.22. The van der Waals surface area contributed by atoms with Crippen LogP contribution >= 0.6 is 11.6 Å². The molecule has 37 heavy (non-hydrogen) atoms. The summed E-state index contributed by atoms with van der Waals surface area (Å²) in [6.45, 7) is 0.502. The molecule has 0 spiro atoms. The third kappa shape index (κ3) is 8.77. The van der Waals surface area contributed by atoms with E-state index in [2.05, 4.69) is 15.8 Å². The van der Waals surface area contributed by atoms with Crippen molar-refractivity contribution >= 4 is 35.6 Å². The molecule has 3 rings (SSSR count). The smallest absolute Gasteiger partial charge is 0.343 e. The van der Waals surface area contributed by atoms with Gasteiger partial charge in [-0.1, -0.05) is 48.4 Å². The molecule has 0 saturated heterocycles. The van der Waals surface area contributed by atoms with Gasteiger partial charge in [0.15, 0.2) is 11.5 Å². The summed E-state index contributed by atoms with van der Waals surface area (Å²) in [7, 11) is 1.47. The molecule has 0 heterocycles. The zero-order chi connectivity index (χ0) is 26.5. The number of esters is 1. The highest BCUT2D eigenvalue weighted by molar-refractivity contribution is 6.33. The van der Waals surface area contributed by atoms with Gasteiger partial charge < -0.3 is 14.8 Å². The van der Waals surface area contributed by atoms with Crippen molar-refractivity contribution in [3.63, 3.8) is 0 Å². The number of nitrogens with zero attached hydrogens (tertiary/aromatic N) is 1. The van der Waals surface area contributed by atoms with Gasteiger partial charge in [0.25, 0.3) is 5.91 Å². The molecule has 3 aromatic carbocycles. The van der Waals surface area contributed by atoms with Gasteiger partial charge in [-0.3, -0.25) is 9.59 Å². The number of unbranched alkanes of at least 4 members (excludes halogenated alkanes) is 2. The Balaban J connectivity index is 1.36. The highest BCUT2D eigenvalue weighted by Crippen LogP contribution is 2.28. The van der Waals surface area contributed by atoms with Gasteiger partial charge in [-0.05, 0) is 60.9 Å². The maximum Gasteiger partial charge on any atom is 0.343 e. The van der Waals surface area contributed by atoms with Crippen molar-refractivity contribution < 1.29 is 23.9 Å². The van der Waals surface area contributed by atoms with Gasteiger partial charge in [0, 0.05) is 13.0 Å². The number of hydrogen-bond acceptors (Lipinski definition) is 6. The lowest BCUT2D eigenvalue weighted by Crippen LogP contribution is -2.24. The number of rotatable bonds is 12. The maximum absolute atomic E-state index is 12.3. The number of hydrogen-bond donors (Lipinski definition) is 2. The Labute approximate surface area is 220 Å². The molecule has 9 heteroatoms. The van der Waals surface area contributed by atoms with Crippen LogP contribution in [0.5, 0.6) is 11.5 Å². The van der Waals surface area contributed by atoms with Crippen molar-refractivity contribution in [1.82, 2.24) is 10.7 Å². The fourth-order valence-corrected chi connectivity index (χ4v) is 3.57. The molecular weight excluding hydrogens is 494 g/mol. The molecule has 0 saturated carbocycles. The number of hydrazone groups is 1. The number of amides is 2. The molecule has 0 aliphatic rings. The van der Waals surface area contributed by atoms with Crippen LogP contribution in [0.3, 0.4) is 0 Å². The van der Waals surface area contributed by atoms with Crippen molar-refractivity contribution in [2.75, 3.05) is 13.7 Å². The van der Waals surface area contributed by atoms with Gasteiger partial charge in [-0.2, -0.15) is 5.10 Å². The van der Waals surface area contributed by atoms with Crippen molar-refractivity contribution in [3.8, 4) is 11.5 Å². The Hall–Kier alpha value is -4.17. The molecule has 2 N–H and O–H groups in total. The van der Waals surface area contributed by atoms with Crippen LogP contribution in [0, 0.1) is 0 Å². The molecule has 0 aromatic heterocycles. The van der Waals surface area contributed by atoms with Crippen LogP contribution in [0.2, 0.25) is 5.02 Å². The van der Waals surface area contributed by atoms with Crippen molar-refractivity contribution in [2.45, 2.75) is 25.7 Å². The lowest BCUT2D eigenvalue weighted by molar-refractivity contribution is -0.121. The molecule has 8 nitrogen and oxygen atoms in total. The average Bonchev–Trinajstić information content (AvgIpc) is 2.92. The first-order valence-corrected chi connectivity index (χ1v) is 12.2. The van der Waals surface area contributed by atoms with Gasteiger partial charge in [-0.25, -0.2) is 10.2 Å². The maximum atomic E-state index is 12.3. The summed E-state index contributed by atoms with van der Waals surface area (Å²) >= 11 is 6.02. The fourth-order valence-electron chi connectivity index (χ4n) is 3.35. The molecule has 0 fully saturated rings. The summed E-state index contributed by atoms with van der Waals surface area (Å²) < 4.78 is 10.7. The monoisotopic (exact) mass is 521 g/mol. The van der Waals surface area contributed by atoms with Crippen LogP contribution in [0.15, 0.2) is 77.9 Å². The van der Waals surface area contributed by atoms with E-state index in [1.807, 2.05) is 6.07 Å². The van der Waals surface area contributed by atoms with E-state index >= 15 is 0 Å². The predicted octanol–water partition coefficient (Wildman–Crippen LogP) is 5.01. The molecule has 0 unspecified atom stereocenters. The molecule has 192 valence electrons. The number of nitrogens with one attached hydrogen (secondary N) is 2. The summed E-state index contributed by atoms with van der Waals surface area (Å²) in [5.41, 5.74) is 4.03. The van der Waals surface area contributed by atoms with Gasteiger partial charge in [-0.15, -0.1) is 0 Å². The van der Waals surface area contributed by atoms with Gasteiger partial charge in [0.1, 0.15) is 0 Å². The largest absolute Gasteiger partial charge is 0.493 e. The first kappa shape index (κ1) is 27.4. The third-order valence-electron chi connectivity index (χ3n) is 5.29. The zero-order valence-electron chi connectivity index (χ0n) is 20.4. The normalized spacial score (nSPS) is 10.6. The zero-order valence-corrected chi connectivity index (χ0v) is 21.2. The van der Waals surface area contributed by atoms with Crippen LogP contribution in [-0.4, -0.2) is 37.7 Å². The first-order chi connectivity index (χ1) is 18.0. The minimum absolute atomic E-state index is 0.211. The fraction of sp³-hybridized carbons (Fsp3) is 0.214. The second-order valence-corrected chi connectivity index (χ2v) is 8.41. The minimum atomic E-state index is -0.490. The van der Waals surface area contributed by atoms with Gasteiger partial charge >= 0.3 is 5.97 Å². The summed E-state index contributed by atoms with van der Waals surface area (Å²) in [6, 6.07) is 20.5. The van der Waals surface area contributed by atoms with Crippen molar-refractivity contribution in [3.05, 3.63) is 94.5 Å². The standard InChI is InChI=1S/C28H28ClN3O5/c1-36-25-18-20(15-16-24(25)37-28(35)21-10-4-2-5-11-21)19-31-32-26(33)14-6-3-9-17-30-27(34)22-12-7-8-13-23(22)29/h2,4-5,7-8,10-13,15-16,18-19H,3,6,9,14,17H2,1H3,(H,30,34)(H,32,33).